The molecule has 1 rings (SSSR count). The van der Waals surface area contributed by atoms with Gasteiger partial charge in [-0.1, -0.05) is 22.8 Å². The summed E-state index contributed by atoms with van der Waals surface area (Å²) < 4.78 is 13.3. The van der Waals surface area contributed by atoms with Crippen LogP contribution in [-0.4, -0.2) is 19.0 Å². The van der Waals surface area contributed by atoms with Crippen molar-refractivity contribution in [1.29, 1.82) is 0 Å². The number of halogens is 2. The summed E-state index contributed by atoms with van der Waals surface area (Å²) in [5.74, 6) is -1.28. The molecule has 1 atom stereocenters. The van der Waals surface area contributed by atoms with Crippen molar-refractivity contribution >= 4 is 17.5 Å². The molecule has 6 nitrogen and oxygen atoms in total. The van der Waals surface area contributed by atoms with Crippen LogP contribution in [0.2, 0.25) is 5.02 Å². The number of amides is 1. The van der Waals surface area contributed by atoms with E-state index in [4.69, 9.17) is 22.9 Å². The second kappa shape index (κ2) is 6.80. The molecular weight excluding hydrogens is 261 g/mol. The van der Waals surface area contributed by atoms with Crippen molar-refractivity contribution in [3.63, 3.8) is 0 Å². The third-order valence-electron chi connectivity index (χ3n) is 2.19. The highest BCUT2D eigenvalue weighted by molar-refractivity contribution is 6.30. The lowest BCUT2D eigenvalue weighted by Crippen LogP contribution is -2.35. The third-order valence-corrected chi connectivity index (χ3v) is 2.49. The second-order valence-corrected chi connectivity index (χ2v) is 3.82. The average Bonchev–Trinajstić information content (AvgIpc) is 2.32. The van der Waals surface area contributed by atoms with Gasteiger partial charge in [0, 0.05) is 18.0 Å². The molecule has 0 aliphatic rings. The van der Waals surface area contributed by atoms with E-state index in [0.717, 1.165) is 6.07 Å². The van der Waals surface area contributed by atoms with Gasteiger partial charge in [0.1, 0.15) is 11.9 Å². The van der Waals surface area contributed by atoms with Gasteiger partial charge in [-0.2, -0.15) is 0 Å². The first kappa shape index (κ1) is 14.2. The van der Waals surface area contributed by atoms with E-state index < -0.39 is 17.8 Å². The Labute approximate surface area is 108 Å². The minimum absolute atomic E-state index is 0.0314. The minimum atomic E-state index is -0.856. The molecule has 0 spiro atoms. The van der Waals surface area contributed by atoms with E-state index in [1.165, 1.54) is 12.1 Å². The molecule has 1 aromatic rings. The maximum absolute atomic E-state index is 13.3. The molecule has 0 fully saturated rings. The molecule has 18 heavy (non-hydrogen) atoms. The summed E-state index contributed by atoms with van der Waals surface area (Å²) in [5, 5.41) is 6.04. The van der Waals surface area contributed by atoms with E-state index >= 15 is 0 Å². The van der Waals surface area contributed by atoms with Crippen molar-refractivity contribution in [1.82, 2.24) is 5.32 Å². The zero-order valence-electron chi connectivity index (χ0n) is 9.31. The zero-order valence-corrected chi connectivity index (χ0v) is 10.1. The van der Waals surface area contributed by atoms with Gasteiger partial charge in [0.25, 0.3) is 0 Å². The maximum atomic E-state index is 13.3. The monoisotopic (exact) mass is 271 g/mol. The van der Waals surface area contributed by atoms with Gasteiger partial charge in [-0.3, -0.25) is 4.79 Å². The van der Waals surface area contributed by atoms with Gasteiger partial charge in [-0.25, -0.2) is 4.39 Å². The summed E-state index contributed by atoms with van der Waals surface area (Å²) in [6.07, 6.45) is 0. The van der Waals surface area contributed by atoms with Gasteiger partial charge in [0.15, 0.2) is 0 Å². The largest absolute Gasteiger partial charge is 0.368 e. The number of hydrogen-bond donors (Lipinski definition) is 2. The van der Waals surface area contributed by atoms with Crippen LogP contribution in [-0.2, 0) is 4.79 Å². The molecule has 1 aromatic carbocycles. The summed E-state index contributed by atoms with van der Waals surface area (Å²) >= 11 is 5.54. The van der Waals surface area contributed by atoms with Crippen LogP contribution in [0.15, 0.2) is 23.3 Å². The summed E-state index contributed by atoms with van der Waals surface area (Å²) in [7, 11) is 0. The number of carbonyl (C=O) groups excluding carboxylic acids is 1. The Hall–Kier alpha value is -1.82. The fraction of sp³-hybridized carbons (Fsp3) is 0.300. The van der Waals surface area contributed by atoms with Crippen molar-refractivity contribution in [2.75, 3.05) is 13.1 Å². The number of azide groups is 1. The summed E-state index contributed by atoms with van der Waals surface area (Å²) in [6.45, 7) is 0.415. The highest BCUT2D eigenvalue weighted by Gasteiger charge is 2.17. The number of carbonyl (C=O) groups is 1. The van der Waals surface area contributed by atoms with Crippen molar-refractivity contribution in [2.45, 2.75) is 6.04 Å². The van der Waals surface area contributed by atoms with Crippen LogP contribution in [0, 0.1) is 5.82 Å². The molecule has 0 heterocycles. The van der Waals surface area contributed by atoms with Gasteiger partial charge in [0.05, 0.1) is 5.02 Å². The van der Waals surface area contributed by atoms with Gasteiger partial charge in [-0.05, 0) is 23.2 Å². The lowest BCUT2D eigenvalue weighted by atomic mass is 10.1. The number of rotatable bonds is 6. The fourth-order valence-electron chi connectivity index (χ4n) is 1.38. The Kier molecular flexibility index (Phi) is 5.38. The van der Waals surface area contributed by atoms with Crippen LogP contribution in [0.4, 0.5) is 4.39 Å². The quantitative estimate of drug-likeness (QED) is 0.357. The number of nitrogens with two attached hydrogens (primary N) is 1. The predicted molar refractivity (Wildman–Crippen MR) is 65.4 cm³/mol. The number of benzene rings is 1. The van der Waals surface area contributed by atoms with Gasteiger partial charge in [0.2, 0.25) is 5.91 Å². The van der Waals surface area contributed by atoms with E-state index in [2.05, 4.69) is 15.3 Å². The molecular formula is C10H11ClFN5O. The number of nitrogens with zero attached hydrogens (tertiary/aromatic N) is 3. The Morgan fingerprint density at radius 1 is 1.67 bits per heavy atom. The van der Waals surface area contributed by atoms with Gasteiger partial charge < -0.3 is 11.1 Å². The number of nitrogens with one attached hydrogen (secondary N) is 1. The van der Waals surface area contributed by atoms with Gasteiger partial charge >= 0.3 is 0 Å². The molecule has 3 N–H and O–H groups in total. The Morgan fingerprint density at radius 3 is 2.94 bits per heavy atom. The topological polar surface area (TPSA) is 104 Å². The molecule has 96 valence electrons. The van der Waals surface area contributed by atoms with Crippen LogP contribution in [0.1, 0.15) is 11.6 Å². The van der Waals surface area contributed by atoms with Crippen molar-refractivity contribution < 1.29 is 9.18 Å². The molecule has 0 aliphatic heterocycles. The Morgan fingerprint density at radius 2 is 2.39 bits per heavy atom. The molecule has 0 aromatic heterocycles. The standard InChI is InChI=1S/C10H11ClFN5O/c11-7-2-1-6(5-8(7)12)9(10(13)18)15-3-4-16-17-14/h1-2,5,9,15H,3-4H2,(H2,13,18). The fourth-order valence-corrected chi connectivity index (χ4v) is 1.50. The third kappa shape index (κ3) is 3.89. The van der Waals surface area contributed by atoms with E-state index in [1.54, 1.807) is 0 Å². The van der Waals surface area contributed by atoms with Crippen molar-refractivity contribution in [3.8, 4) is 0 Å². The highest BCUT2D eigenvalue weighted by Crippen LogP contribution is 2.20. The number of primary amides is 1. The zero-order chi connectivity index (χ0) is 13.5. The lowest BCUT2D eigenvalue weighted by Gasteiger charge is -2.15. The molecule has 0 saturated heterocycles. The SMILES string of the molecule is [N-]=[N+]=NCCNC(C(N)=O)c1ccc(Cl)c(F)c1. The minimum Gasteiger partial charge on any atom is -0.368 e. The normalized spacial score (nSPS) is 11.7. The predicted octanol–water partition coefficient (Wildman–Crippen LogP) is 1.91. The van der Waals surface area contributed by atoms with Crippen LogP contribution < -0.4 is 11.1 Å². The van der Waals surface area contributed by atoms with Crippen molar-refractivity contribution in [2.24, 2.45) is 10.8 Å². The second-order valence-electron chi connectivity index (χ2n) is 3.42. The lowest BCUT2D eigenvalue weighted by molar-refractivity contribution is -0.120. The first-order chi connectivity index (χ1) is 8.56. The Balaban J connectivity index is 2.80. The van der Waals surface area contributed by atoms with Crippen molar-refractivity contribution in [3.05, 3.63) is 45.0 Å². The first-order valence-corrected chi connectivity index (χ1v) is 5.42. The van der Waals surface area contributed by atoms with Crippen LogP contribution in [0.5, 0.6) is 0 Å². The van der Waals surface area contributed by atoms with Crippen LogP contribution >= 0.6 is 11.6 Å². The van der Waals surface area contributed by atoms with E-state index in [1.807, 2.05) is 0 Å². The van der Waals surface area contributed by atoms with E-state index in [9.17, 15) is 9.18 Å². The molecule has 8 heteroatoms. The Bertz CT molecular complexity index is 489. The molecule has 0 bridgehead atoms. The summed E-state index contributed by atoms with van der Waals surface area (Å²) in [6, 6.07) is 3.13. The van der Waals surface area contributed by atoms with E-state index in [-0.39, 0.29) is 18.1 Å². The smallest absolute Gasteiger partial charge is 0.239 e. The van der Waals surface area contributed by atoms with E-state index in [0.29, 0.717) is 5.56 Å². The van der Waals surface area contributed by atoms with Crippen LogP contribution in [0.3, 0.4) is 0 Å². The molecule has 1 unspecified atom stereocenters. The number of hydrogen-bond acceptors (Lipinski definition) is 3. The molecule has 0 aliphatic carbocycles. The summed E-state index contributed by atoms with van der Waals surface area (Å²) in [5.41, 5.74) is 13.7. The maximum Gasteiger partial charge on any atom is 0.239 e. The average molecular weight is 272 g/mol. The summed E-state index contributed by atoms with van der Waals surface area (Å²) in [4.78, 5) is 13.8. The first-order valence-electron chi connectivity index (χ1n) is 5.04. The molecule has 0 radical (unpaired) electrons. The molecule has 0 saturated carbocycles. The highest BCUT2D eigenvalue weighted by atomic mass is 35.5. The van der Waals surface area contributed by atoms with Crippen LogP contribution in [0.25, 0.3) is 10.4 Å². The van der Waals surface area contributed by atoms with Gasteiger partial charge in [-0.15, -0.1) is 0 Å². The molecule has 1 amide bonds.